The van der Waals surface area contributed by atoms with Gasteiger partial charge in [-0.3, -0.25) is 0 Å². The average molecular weight is 189 g/mol. The van der Waals surface area contributed by atoms with Crippen LogP contribution in [0.25, 0.3) is 0 Å². The number of aliphatic hydroxyl groups excluding tert-OH is 1. The van der Waals surface area contributed by atoms with Gasteiger partial charge in [0.25, 0.3) is 0 Å². The van der Waals surface area contributed by atoms with Gasteiger partial charge in [-0.2, -0.15) is 0 Å². The number of nitrogens with zero attached hydrogens (tertiary/aromatic N) is 1. The van der Waals surface area contributed by atoms with Crippen molar-refractivity contribution in [3.63, 3.8) is 0 Å². The van der Waals surface area contributed by atoms with E-state index < -0.39 is 0 Å². The Morgan fingerprint density at radius 1 is 1.21 bits per heavy atom. The molecular weight excluding hydrogens is 174 g/mol. The minimum absolute atomic E-state index is 0.0962. The van der Waals surface area contributed by atoms with Gasteiger partial charge < -0.3 is 10.0 Å². The van der Waals surface area contributed by atoms with Crippen molar-refractivity contribution in [3.05, 3.63) is 29.8 Å². The standard InChI is InChI=1S/C12H15NO/c14-12-6-5-11(12)13-8-7-9-3-1-2-4-10(9)13/h1-4,11-12,14H,5-8H2. The van der Waals surface area contributed by atoms with E-state index in [4.69, 9.17) is 0 Å². The molecule has 0 aromatic heterocycles. The molecule has 0 radical (unpaired) electrons. The lowest BCUT2D eigenvalue weighted by molar-refractivity contribution is 0.0653. The number of anilines is 1. The Morgan fingerprint density at radius 3 is 2.79 bits per heavy atom. The van der Waals surface area contributed by atoms with Crippen molar-refractivity contribution < 1.29 is 5.11 Å². The first kappa shape index (κ1) is 8.30. The molecule has 14 heavy (non-hydrogen) atoms. The highest BCUT2D eigenvalue weighted by molar-refractivity contribution is 5.59. The third-order valence-corrected chi connectivity index (χ3v) is 3.53. The monoisotopic (exact) mass is 189 g/mol. The summed E-state index contributed by atoms with van der Waals surface area (Å²) in [5.41, 5.74) is 2.78. The summed E-state index contributed by atoms with van der Waals surface area (Å²) in [7, 11) is 0. The van der Waals surface area contributed by atoms with Crippen molar-refractivity contribution in [1.82, 2.24) is 0 Å². The highest BCUT2D eigenvalue weighted by atomic mass is 16.3. The molecule has 1 aromatic carbocycles. The molecule has 2 nitrogen and oxygen atoms in total. The van der Waals surface area contributed by atoms with Gasteiger partial charge in [0, 0.05) is 12.2 Å². The molecule has 2 atom stereocenters. The SMILES string of the molecule is OC1CCC1N1CCc2ccccc21. The summed E-state index contributed by atoms with van der Waals surface area (Å²) in [6, 6.07) is 8.94. The molecule has 3 rings (SSSR count). The normalized spacial score (nSPS) is 29.9. The number of fused-ring (bicyclic) bond motifs is 1. The number of para-hydroxylation sites is 1. The molecule has 74 valence electrons. The zero-order valence-electron chi connectivity index (χ0n) is 8.19. The first-order chi connectivity index (χ1) is 6.86. The highest BCUT2D eigenvalue weighted by Gasteiger charge is 2.36. The van der Waals surface area contributed by atoms with Crippen LogP contribution in [0.1, 0.15) is 18.4 Å². The Bertz CT molecular complexity index is 350. The quantitative estimate of drug-likeness (QED) is 0.725. The molecule has 1 N–H and O–H groups in total. The van der Waals surface area contributed by atoms with Gasteiger partial charge in [0.05, 0.1) is 12.1 Å². The Morgan fingerprint density at radius 2 is 2.07 bits per heavy atom. The van der Waals surface area contributed by atoms with Crippen LogP contribution in [0, 0.1) is 0 Å². The van der Waals surface area contributed by atoms with E-state index in [1.54, 1.807) is 0 Å². The van der Waals surface area contributed by atoms with Gasteiger partial charge in [0.15, 0.2) is 0 Å². The summed E-state index contributed by atoms with van der Waals surface area (Å²) in [6.45, 7) is 1.08. The summed E-state index contributed by atoms with van der Waals surface area (Å²) in [6.07, 6.45) is 3.17. The number of hydrogen-bond acceptors (Lipinski definition) is 2. The van der Waals surface area contributed by atoms with Crippen LogP contribution in [0.15, 0.2) is 24.3 Å². The van der Waals surface area contributed by atoms with E-state index in [9.17, 15) is 5.11 Å². The number of hydrogen-bond donors (Lipinski definition) is 1. The number of rotatable bonds is 1. The van der Waals surface area contributed by atoms with Crippen LogP contribution in [-0.4, -0.2) is 23.8 Å². The predicted octanol–water partition coefficient (Wildman–Crippen LogP) is 1.57. The van der Waals surface area contributed by atoms with Crippen LogP contribution in [0.4, 0.5) is 5.69 Å². The van der Waals surface area contributed by atoms with Crippen molar-refractivity contribution in [2.24, 2.45) is 0 Å². The fraction of sp³-hybridized carbons (Fsp3) is 0.500. The zero-order chi connectivity index (χ0) is 9.54. The Labute approximate surface area is 84.2 Å². The number of aliphatic hydroxyl groups is 1. The van der Waals surface area contributed by atoms with E-state index >= 15 is 0 Å². The molecule has 1 heterocycles. The Balaban J connectivity index is 1.90. The van der Waals surface area contributed by atoms with Gasteiger partial charge in [0.1, 0.15) is 0 Å². The lowest BCUT2D eigenvalue weighted by atomic mass is 9.88. The first-order valence-electron chi connectivity index (χ1n) is 5.39. The molecule has 2 heteroatoms. The Kier molecular flexibility index (Phi) is 1.77. The van der Waals surface area contributed by atoms with E-state index in [0.29, 0.717) is 6.04 Å². The predicted molar refractivity (Wildman–Crippen MR) is 56.5 cm³/mol. The fourth-order valence-corrected chi connectivity index (χ4v) is 2.54. The second-order valence-corrected chi connectivity index (χ2v) is 4.28. The zero-order valence-corrected chi connectivity index (χ0v) is 8.19. The fourth-order valence-electron chi connectivity index (χ4n) is 2.54. The molecule has 2 aliphatic rings. The molecular formula is C12H15NO. The number of benzene rings is 1. The Hall–Kier alpha value is -1.02. The van der Waals surface area contributed by atoms with Gasteiger partial charge in [0.2, 0.25) is 0 Å². The van der Waals surface area contributed by atoms with Crippen LogP contribution in [0.3, 0.4) is 0 Å². The smallest absolute Gasteiger partial charge is 0.0744 e. The van der Waals surface area contributed by atoms with E-state index in [-0.39, 0.29) is 6.10 Å². The average Bonchev–Trinajstić information content (AvgIpc) is 2.60. The molecule has 0 saturated heterocycles. The van der Waals surface area contributed by atoms with Crippen molar-refractivity contribution in [2.75, 3.05) is 11.4 Å². The molecule has 0 bridgehead atoms. The summed E-state index contributed by atoms with van der Waals surface area (Å²) < 4.78 is 0. The molecule has 2 unspecified atom stereocenters. The van der Waals surface area contributed by atoms with Crippen LogP contribution in [0.2, 0.25) is 0 Å². The van der Waals surface area contributed by atoms with Crippen molar-refractivity contribution in [2.45, 2.75) is 31.4 Å². The van der Waals surface area contributed by atoms with Gasteiger partial charge in [-0.1, -0.05) is 18.2 Å². The first-order valence-corrected chi connectivity index (χ1v) is 5.39. The van der Waals surface area contributed by atoms with Crippen LogP contribution >= 0.6 is 0 Å². The minimum atomic E-state index is -0.0962. The van der Waals surface area contributed by atoms with E-state index in [0.717, 1.165) is 25.8 Å². The second-order valence-electron chi connectivity index (χ2n) is 4.28. The summed E-state index contributed by atoms with van der Waals surface area (Å²) in [4.78, 5) is 2.38. The van der Waals surface area contributed by atoms with Crippen LogP contribution in [0.5, 0.6) is 0 Å². The highest BCUT2D eigenvalue weighted by Crippen LogP contribution is 2.35. The van der Waals surface area contributed by atoms with Crippen LogP contribution < -0.4 is 4.90 Å². The van der Waals surface area contributed by atoms with Crippen molar-refractivity contribution in [3.8, 4) is 0 Å². The molecule has 1 aromatic rings. The summed E-state index contributed by atoms with van der Waals surface area (Å²) in [5, 5.41) is 9.65. The lowest BCUT2D eigenvalue weighted by Crippen LogP contribution is -2.50. The summed E-state index contributed by atoms with van der Waals surface area (Å²) >= 11 is 0. The largest absolute Gasteiger partial charge is 0.391 e. The van der Waals surface area contributed by atoms with E-state index in [2.05, 4.69) is 29.2 Å². The third kappa shape index (κ3) is 1.07. The maximum absolute atomic E-state index is 9.65. The molecule has 0 spiro atoms. The molecule has 1 fully saturated rings. The maximum Gasteiger partial charge on any atom is 0.0744 e. The minimum Gasteiger partial charge on any atom is -0.391 e. The van der Waals surface area contributed by atoms with Crippen molar-refractivity contribution >= 4 is 5.69 Å². The molecule has 1 aliphatic carbocycles. The van der Waals surface area contributed by atoms with Crippen LogP contribution in [-0.2, 0) is 6.42 Å². The van der Waals surface area contributed by atoms with Crippen molar-refractivity contribution in [1.29, 1.82) is 0 Å². The molecule has 1 saturated carbocycles. The van der Waals surface area contributed by atoms with Gasteiger partial charge in [-0.15, -0.1) is 0 Å². The van der Waals surface area contributed by atoms with E-state index in [1.807, 2.05) is 0 Å². The molecule has 0 amide bonds. The lowest BCUT2D eigenvalue weighted by Gasteiger charge is -2.41. The van der Waals surface area contributed by atoms with Gasteiger partial charge in [-0.05, 0) is 30.9 Å². The third-order valence-electron chi connectivity index (χ3n) is 3.53. The second kappa shape index (κ2) is 2.99. The van der Waals surface area contributed by atoms with Gasteiger partial charge in [-0.25, -0.2) is 0 Å². The summed E-state index contributed by atoms with van der Waals surface area (Å²) in [5.74, 6) is 0. The van der Waals surface area contributed by atoms with Gasteiger partial charge >= 0.3 is 0 Å². The maximum atomic E-state index is 9.65. The molecule has 1 aliphatic heterocycles. The topological polar surface area (TPSA) is 23.5 Å². The van der Waals surface area contributed by atoms with E-state index in [1.165, 1.54) is 11.3 Å².